The molecule has 4 nitrogen and oxygen atoms in total. The maximum Gasteiger partial charge on any atom is 0.235 e. The molecule has 0 saturated heterocycles. The summed E-state index contributed by atoms with van der Waals surface area (Å²) in [4.78, 5) is 10.9. The average Bonchev–Trinajstić information content (AvgIpc) is 3.86. The van der Waals surface area contributed by atoms with Gasteiger partial charge in [0.1, 0.15) is 11.2 Å². The molecule has 0 N–H and O–H groups in total. The van der Waals surface area contributed by atoms with Crippen LogP contribution in [0.1, 0.15) is 13.8 Å². The number of nitrogens with zero attached hydrogens (tertiary/aromatic N) is 3. The van der Waals surface area contributed by atoms with Gasteiger partial charge in [0.2, 0.25) is 5.95 Å². The second-order valence-corrected chi connectivity index (χ2v) is 14.5. The molecule has 12 rings (SSSR count). The van der Waals surface area contributed by atoms with Crippen LogP contribution in [0.3, 0.4) is 0 Å². The zero-order chi connectivity index (χ0) is 38.7. The van der Waals surface area contributed by atoms with Crippen LogP contribution < -0.4 is 0 Å². The Morgan fingerprint density at radius 2 is 1.00 bits per heavy atom. The lowest BCUT2D eigenvalue weighted by Gasteiger charge is -2.14. The third-order valence-electron chi connectivity index (χ3n) is 11.4. The van der Waals surface area contributed by atoms with E-state index < -0.39 is 0 Å². The Labute approximate surface area is 335 Å². The maximum absolute atomic E-state index is 6.64. The number of fused-ring (bicyclic) bond motifs is 10. The molecule has 274 valence electrons. The van der Waals surface area contributed by atoms with Gasteiger partial charge < -0.3 is 4.42 Å². The Balaban J connectivity index is 0.00000190. The topological polar surface area (TPSA) is 43.9 Å². The van der Waals surface area contributed by atoms with Crippen LogP contribution in [0.5, 0.6) is 0 Å². The van der Waals surface area contributed by atoms with Crippen molar-refractivity contribution in [1.29, 1.82) is 0 Å². The van der Waals surface area contributed by atoms with Crippen LogP contribution in [0.4, 0.5) is 0 Å². The summed E-state index contributed by atoms with van der Waals surface area (Å²) in [5.41, 5.74) is 11.1. The Kier molecular flexibility index (Phi) is 7.90. The van der Waals surface area contributed by atoms with Crippen molar-refractivity contribution in [1.82, 2.24) is 14.5 Å². The van der Waals surface area contributed by atoms with Crippen LogP contribution in [0, 0.1) is 0 Å². The summed E-state index contributed by atoms with van der Waals surface area (Å²) >= 11 is 0. The number of rotatable bonds is 4. The first-order valence-corrected chi connectivity index (χ1v) is 20.0. The molecule has 0 aliphatic heterocycles. The predicted octanol–water partition coefficient (Wildman–Crippen LogP) is 15.0. The number of aromatic nitrogens is 3. The van der Waals surface area contributed by atoms with E-state index in [1.807, 2.05) is 26.0 Å². The molecule has 58 heavy (non-hydrogen) atoms. The number of benzene rings is 9. The Bertz CT molecular complexity index is 3530. The lowest BCUT2D eigenvalue weighted by Crippen LogP contribution is -2.04. The number of hydrogen-bond donors (Lipinski definition) is 0. The standard InChI is InChI=1S/C52H31N3O.C2H6/c1-3-15-36-32(12-1)14-9-19-37(36)34-26-28-35(29-27-34)49-43-18-5-7-24-45(43)53-52(54-49)55-46-31-30-33-13-2-4-16-38(33)48(46)44-23-10-20-40(50(44)55)42-22-11-21-41-39-17-6-8-25-47(39)56-51(41)42;1-2/h1-31H;1-2H3. The fourth-order valence-electron chi connectivity index (χ4n) is 8.89. The van der Waals surface area contributed by atoms with Crippen molar-refractivity contribution in [3.63, 3.8) is 0 Å². The highest BCUT2D eigenvalue weighted by molar-refractivity contribution is 6.24. The van der Waals surface area contributed by atoms with E-state index in [-0.39, 0.29) is 0 Å². The molecule has 0 spiro atoms. The molecule has 3 heterocycles. The van der Waals surface area contributed by atoms with Gasteiger partial charge in [-0.3, -0.25) is 4.57 Å². The van der Waals surface area contributed by atoms with Crippen molar-refractivity contribution in [2.75, 3.05) is 0 Å². The van der Waals surface area contributed by atoms with Gasteiger partial charge in [0.15, 0.2) is 0 Å². The first-order chi connectivity index (χ1) is 28.8. The fourth-order valence-corrected chi connectivity index (χ4v) is 8.89. The van der Waals surface area contributed by atoms with E-state index in [0.717, 1.165) is 71.6 Å². The molecule has 4 heteroatoms. The third kappa shape index (κ3) is 5.15. The molecule has 3 aromatic heterocycles. The summed E-state index contributed by atoms with van der Waals surface area (Å²) < 4.78 is 8.91. The minimum absolute atomic E-state index is 0.622. The number of hydrogen-bond acceptors (Lipinski definition) is 3. The molecule has 0 aliphatic rings. The summed E-state index contributed by atoms with van der Waals surface area (Å²) in [7, 11) is 0. The van der Waals surface area contributed by atoms with Crippen molar-refractivity contribution in [2.24, 2.45) is 0 Å². The second kappa shape index (κ2) is 13.6. The van der Waals surface area contributed by atoms with Gasteiger partial charge in [-0.15, -0.1) is 0 Å². The summed E-state index contributed by atoms with van der Waals surface area (Å²) in [6.07, 6.45) is 0. The zero-order valence-corrected chi connectivity index (χ0v) is 32.1. The summed E-state index contributed by atoms with van der Waals surface area (Å²) in [6, 6.07) is 66.6. The normalized spacial score (nSPS) is 11.6. The van der Waals surface area contributed by atoms with Crippen molar-refractivity contribution in [2.45, 2.75) is 13.8 Å². The minimum atomic E-state index is 0.622. The maximum atomic E-state index is 6.64. The van der Waals surface area contributed by atoms with Crippen molar-refractivity contribution >= 4 is 76.2 Å². The van der Waals surface area contributed by atoms with Gasteiger partial charge in [-0.05, 0) is 50.9 Å². The summed E-state index contributed by atoms with van der Waals surface area (Å²) in [6.45, 7) is 4.00. The molecule has 0 saturated carbocycles. The average molecular weight is 744 g/mol. The highest BCUT2D eigenvalue weighted by Crippen LogP contribution is 2.44. The zero-order valence-electron chi connectivity index (χ0n) is 32.1. The van der Waals surface area contributed by atoms with Gasteiger partial charge in [0, 0.05) is 43.6 Å². The quantitative estimate of drug-likeness (QED) is 0.180. The molecule has 0 radical (unpaired) electrons. The van der Waals surface area contributed by atoms with Gasteiger partial charge in [-0.2, -0.15) is 0 Å². The molecular weight excluding hydrogens is 707 g/mol. The van der Waals surface area contributed by atoms with Crippen LogP contribution in [-0.2, 0) is 0 Å². The number of para-hydroxylation sites is 4. The second-order valence-electron chi connectivity index (χ2n) is 14.5. The fraction of sp³-hybridized carbons (Fsp3) is 0.0370. The first-order valence-electron chi connectivity index (χ1n) is 20.0. The minimum Gasteiger partial charge on any atom is -0.455 e. The molecule has 0 fully saturated rings. The van der Waals surface area contributed by atoms with E-state index in [1.165, 1.54) is 38.1 Å². The third-order valence-corrected chi connectivity index (χ3v) is 11.4. The highest BCUT2D eigenvalue weighted by atomic mass is 16.3. The van der Waals surface area contributed by atoms with Gasteiger partial charge in [-0.25, -0.2) is 9.97 Å². The molecule has 0 bridgehead atoms. The lowest BCUT2D eigenvalue weighted by molar-refractivity contribution is 0.670. The van der Waals surface area contributed by atoms with Crippen molar-refractivity contribution in [3.8, 4) is 39.5 Å². The van der Waals surface area contributed by atoms with Gasteiger partial charge in [0.25, 0.3) is 0 Å². The molecule has 0 aliphatic carbocycles. The molecular formula is C54H37N3O. The largest absolute Gasteiger partial charge is 0.455 e. The van der Waals surface area contributed by atoms with E-state index >= 15 is 0 Å². The van der Waals surface area contributed by atoms with Crippen LogP contribution in [0.2, 0.25) is 0 Å². The smallest absolute Gasteiger partial charge is 0.235 e. The van der Waals surface area contributed by atoms with E-state index in [1.54, 1.807) is 0 Å². The SMILES string of the molecule is CC.c1ccc2c(-c3ccc(-c4nc(-n5c6ccc7ccccc7c6c6cccc(-c7cccc8c7oc7ccccc78)c65)nc5ccccc45)cc3)cccc2c1. The van der Waals surface area contributed by atoms with Gasteiger partial charge >= 0.3 is 0 Å². The first kappa shape index (κ1) is 33.8. The van der Waals surface area contributed by atoms with Crippen LogP contribution in [0.15, 0.2) is 192 Å². The van der Waals surface area contributed by atoms with Gasteiger partial charge in [-0.1, -0.05) is 184 Å². The molecule has 0 amide bonds. The molecule has 9 aromatic carbocycles. The van der Waals surface area contributed by atoms with Gasteiger partial charge in [0.05, 0.1) is 22.2 Å². The van der Waals surface area contributed by atoms with Crippen LogP contribution in [-0.4, -0.2) is 14.5 Å². The highest BCUT2D eigenvalue weighted by Gasteiger charge is 2.23. The van der Waals surface area contributed by atoms with E-state index in [4.69, 9.17) is 14.4 Å². The molecule has 12 aromatic rings. The Morgan fingerprint density at radius 1 is 0.414 bits per heavy atom. The van der Waals surface area contributed by atoms with E-state index in [0.29, 0.717) is 5.95 Å². The van der Waals surface area contributed by atoms with Crippen molar-refractivity contribution < 1.29 is 4.42 Å². The van der Waals surface area contributed by atoms with E-state index in [9.17, 15) is 0 Å². The van der Waals surface area contributed by atoms with E-state index in [2.05, 4.69) is 180 Å². The van der Waals surface area contributed by atoms with Crippen LogP contribution in [0.25, 0.3) is 116 Å². The number of furan rings is 1. The monoisotopic (exact) mass is 743 g/mol. The molecule has 0 atom stereocenters. The Morgan fingerprint density at radius 3 is 1.83 bits per heavy atom. The Hall–Kier alpha value is -7.56. The predicted molar refractivity (Wildman–Crippen MR) is 244 cm³/mol. The summed E-state index contributed by atoms with van der Waals surface area (Å²) in [5.74, 6) is 0.622. The van der Waals surface area contributed by atoms with Crippen LogP contribution >= 0.6 is 0 Å². The summed E-state index contributed by atoms with van der Waals surface area (Å²) in [5, 5.41) is 10.4. The lowest BCUT2D eigenvalue weighted by atomic mass is 9.96. The molecule has 0 unspecified atom stereocenters. The van der Waals surface area contributed by atoms with Crippen molar-refractivity contribution in [3.05, 3.63) is 188 Å².